The van der Waals surface area contributed by atoms with Gasteiger partial charge in [0.25, 0.3) is 0 Å². The average molecular weight is 576 g/mol. The van der Waals surface area contributed by atoms with Crippen LogP contribution >= 0.6 is 37.4 Å². The van der Waals surface area contributed by atoms with E-state index in [1.54, 1.807) is 0 Å². The molecule has 6 heteroatoms. The van der Waals surface area contributed by atoms with E-state index in [9.17, 15) is 4.79 Å². The molecule has 0 aromatic heterocycles. The van der Waals surface area contributed by atoms with E-state index in [2.05, 4.69) is 49.5 Å². The van der Waals surface area contributed by atoms with E-state index < -0.39 is 16.3 Å². The molecule has 1 aromatic carbocycles. The van der Waals surface area contributed by atoms with Gasteiger partial charge in [0, 0.05) is 0 Å². The molecule has 0 saturated heterocycles. The molecule has 1 N–H and O–H groups in total. The molecule has 3 nitrogen and oxygen atoms in total. The Morgan fingerprint density at radius 2 is 1.94 bits per heavy atom. The minimum absolute atomic E-state index is 0.264. The second-order valence-electron chi connectivity index (χ2n) is 3.33. The van der Waals surface area contributed by atoms with E-state index in [0.717, 1.165) is 10.2 Å². The van der Waals surface area contributed by atoms with Crippen molar-refractivity contribution < 1.29 is 14.6 Å². The molecule has 0 amide bonds. The van der Waals surface area contributed by atoms with Crippen molar-refractivity contribution in [2.75, 3.05) is 6.61 Å². The molecular weight excluding hydrogens is 562 g/mol. The number of ether oxygens (including phenoxy) is 1. The first kappa shape index (κ1) is 15.8. The van der Waals surface area contributed by atoms with Gasteiger partial charge in [-0.25, -0.2) is 0 Å². The van der Waals surface area contributed by atoms with Crippen molar-refractivity contribution in [2.24, 2.45) is 0 Å². The Kier molecular flexibility index (Phi) is 6.84. The zero-order valence-corrected chi connectivity index (χ0v) is 16.0. The fraction of sp³-hybridized carbons (Fsp3) is 0.364. The van der Waals surface area contributed by atoms with Crippen molar-refractivity contribution in [2.45, 2.75) is 17.8 Å². The molecule has 0 unspecified atom stereocenters. The van der Waals surface area contributed by atoms with Crippen LogP contribution in [0.3, 0.4) is 0 Å². The number of rotatable bonds is 6. The van der Waals surface area contributed by atoms with E-state index in [4.69, 9.17) is 9.84 Å². The first-order chi connectivity index (χ1) is 7.95. The Morgan fingerprint density at radius 1 is 1.35 bits per heavy atom. The summed E-state index contributed by atoms with van der Waals surface area (Å²) in [7, 11) is -2.24. The first-order valence-corrected chi connectivity index (χ1v) is 21.5. The third kappa shape index (κ3) is 5.49. The molecule has 1 rings (SSSR count). The van der Waals surface area contributed by atoms with Gasteiger partial charge in [-0.2, -0.15) is 0 Å². The number of carboxylic acid groups (broad SMARTS) is 1. The number of aliphatic carboxylic acids is 1. The number of carbonyl (C=O) groups is 1. The Hall–Kier alpha value is 0.740. The molecule has 0 aliphatic heterocycles. The predicted octanol–water partition coefficient (Wildman–Crippen LogP) is 3.08. The summed E-state index contributed by atoms with van der Waals surface area (Å²) in [6.07, 6.45) is 0.264. The van der Waals surface area contributed by atoms with Gasteiger partial charge in [0.15, 0.2) is 0 Å². The summed E-state index contributed by atoms with van der Waals surface area (Å²) < 4.78 is 7.50. The fourth-order valence-electron chi connectivity index (χ4n) is 1.23. The number of carboxylic acids is 1. The molecule has 0 aliphatic rings. The SMILES string of the molecule is CCOc1ccc([Te](I)(I)CCC(=O)O)cc1. The Labute approximate surface area is 125 Å². The topological polar surface area (TPSA) is 46.5 Å². The molecule has 0 atom stereocenters. The second kappa shape index (κ2) is 7.36. The molecule has 0 aliphatic carbocycles. The Bertz CT molecular complexity index is 379. The van der Waals surface area contributed by atoms with Crippen molar-refractivity contribution in [3.63, 3.8) is 0 Å². The second-order valence-corrected chi connectivity index (χ2v) is 40.6. The van der Waals surface area contributed by atoms with Crippen LogP contribution in [0, 0.1) is 0 Å². The summed E-state index contributed by atoms with van der Waals surface area (Å²) in [4.78, 5) is 10.6. The van der Waals surface area contributed by atoms with Gasteiger partial charge in [-0.1, -0.05) is 0 Å². The first-order valence-electron chi connectivity index (χ1n) is 5.10. The fourth-order valence-corrected chi connectivity index (χ4v) is 11.6. The minimum atomic E-state index is -2.24. The third-order valence-electron chi connectivity index (χ3n) is 2.05. The summed E-state index contributed by atoms with van der Waals surface area (Å²) >= 11 is 4.96. The normalized spacial score (nSPS) is 12.2. The van der Waals surface area contributed by atoms with Gasteiger partial charge in [-0.15, -0.1) is 0 Å². The summed E-state index contributed by atoms with van der Waals surface area (Å²) in [5.41, 5.74) is 0. The zero-order valence-electron chi connectivity index (χ0n) is 9.36. The predicted molar refractivity (Wildman–Crippen MR) is 88.1 cm³/mol. The van der Waals surface area contributed by atoms with Crippen LogP contribution in [0.5, 0.6) is 5.75 Å². The van der Waals surface area contributed by atoms with Crippen LogP contribution in [-0.2, 0) is 4.79 Å². The summed E-state index contributed by atoms with van der Waals surface area (Å²) in [5, 5.41) is 8.74. The van der Waals surface area contributed by atoms with E-state index in [1.807, 2.05) is 19.1 Å². The average Bonchev–Trinajstić information content (AvgIpc) is 2.28. The number of hydrogen-bond donors (Lipinski definition) is 1. The maximum atomic E-state index is 10.6. The van der Waals surface area contributed by atoms with Crippen LogP contribution in [0.4, 0.5) is 0 Å². The van der Waals surface area contributed by atoms with Gasteiger partial charge in [-0.05, 0) is 0 Å². The van der Waals surface area contributed by atoms with Gasteiger partial charge >= 0.3 is 126 Å². The molecule has 0 bridgehead atoms. The molecule has 0 radical (unpaired) electrons. The van der Waals surface area contributed by atoms with Crippen molar-refractivity contribution in [1.29, 1.82) is 0 Å². The van der Waals surface area contributed by atoms with Crippen molar-refractivity contribution in [3.05, 3.63) is 24.3 Å². The Balaban J connectivity index is 2.73. The summed E-state index contributed by atoms with van der Waals surface area (Å²) in [6, 6.07) is 8.09. The molecule has 0 fully saturated rings. The standard InChI is InChI=1S/C11H14I2O3Te/c1-2-16-9-3-5-10(6-4-9)17(12,13)8-7-11(14)15/h3-6H,2,7-8H2,1H3,(H,14,15). The van der Waals surface area contributed by atoms with E-state index >= 15 is 0 Å². The molecule has 96 valence electrons. The molecular formula is C11H14I2O3Te. The van der Waals surface area contributed by atoms with Crippen LogP contribution in [0.1, 0.15) is 13.3 Å². The van der Waals surface area contributed by atoms with E-state index in [0.29, 0.717) is 6.61 Å². The van der Waals surface area contributed by atoms with Gasteiger partial charge in [0.2, 0.25) is 0 Å². The maximum absolute atomic E-state index is 10.6. The van der Waals surface area contributed by atoms with Crippen LogP contribution < -0.4 is 8.35 Å². The van der Waals surface area contributed by atoms with E-state index in [1.165, 1.54) is 3.61 Å². The molecule has 17 heavy (non-hydrogen) atoms. The van der Waals surface area contributed by atoms with Gasteiger partial charge < -0.3 is 0 Å². The van der Waals surface area contributed by atoms with Gasteiger partial charge in [-0.3, -0.25) is 0 Å². The third-order valence-corrected chi connectivity index (χ3v) is 19.6. The van der Waals surface area contributed by atoms with Crippen LogP contribution in [0.2, 0.25) is 4.47 Å². The van der Waals surface area contributed by atoms with Crippen molar-refractivity contribution >= 4 is 57.3 Å². The number of hydrogen-bond acceptors (Lipinski definition) is 2. The van der Waals surface area contributed by atoms with Crippen LogP contribution in [0.15, 0.2) is 24.3 Å². The monoisotopic (exact) mass is 578 g/mol. The van der Waals surface area contributed by atoms with Crippen molar-refractivity contribution in [1.82, 2.24) is 0 Å². The molecule has 0 spiro atoms. The quantitative estimate of drug-likeness (QED) is 0.419. The van der Waals surface area contributed by atoms with Gasteiger partial charge in [0.1, 0.15) is 0 Å². The van der Waals surface area contributed by atoms with Crippen molar-refractivity contribution in [3.8, 4) is 5.75 Å². The summed E-state index contributed by atoms with van der Waals surface area (Å²) in [6.45, 7) is 2.62. The number of halogens is 2. The van der Waals surface area contributed by atoms with Crippen LogP contribution in [0.25, 0.3) is 0 Å². The Morgan fingerprint density at radius 3 is 2.41 bits per heavy atom. The molecule has 0 heterocycles. The van der Waals surface area contributed by atoms with Crippen LogP contribution in [-0.4, -0.2) is 28.0 Å². The molecule has 0 saturated carbocycles. The summed E-state index contributed by atoms with van der Waals surface area (Å²) in [5.74, 6) is 0.167. The molecule has 1 aromatic rings. The van der Waals surface area contributed by atoms with E-state index in [-0.39, 0.29) is 6.42 Å². The van der Waals surface area contributed by atoms with Gasteiger partial charge in [0.05, 0.1) is 0 Å². The number of benzene rings is 1. The zero-order chi connectivity index (χ0) is 12.9.